The van der Waals surface area contributed by atoms with E-state index in [-0.39, 0.29) is 17.2 Å². The van der Waals surface area contributed by atoms with E-state index in [1.165, 1.54) is 6.07 Å². The number of nitrogens with one attached hydrogen (secondary N) is 2. The zero-order valence-corrected chi connectivity index (χ0v) is 12.3. The topological polar surface area (TPSA) is 75.3 Å². The van der Waals surface area contributed by atoms with Crippen molar-refractivity contribution in [3.05, 3.63) is 24.3 Å². The number of carbonyl (C=O) groups is 1. The van der Waals surface area contributed by atoms with E-state index in [0.717, 1.165) is 0 Å². The van der Waals surface area contributed by atoms with Crippen LogP contribution in [0.25, 0.3) is 0 Å². The summed E-state index contributed by atoms with van der Waals surface area (Å²) in [6, 6.07) is 6.32. The van der Waals surface area contributed by atoms with Crippen LogP contribution in [0.5, 0.6) is 0 Å². The van der Waals surface area contributed by atoms with Gasteiger partial charge in [-0.05, 0) is 12.1 Å². The molecule has 0 aliphatic rings. The molecule has 0 radical (unpaired) electrons. The molecular weight excluding hydrogens is 320 g/mol. The van der Waals surface area contributed by atoms with Gasteiger partial charge in [0, 0.05) is 18.3 Å². The molecule has 1 aromatic rings. The number of carbonyl (C=O) groups excluding carboxylic acids is 1. The third-order valence-electron chi connectivity index (χ3n) is 2.11. The summed E-state index contributed by atoms with van der Waals surface area (Å²) in [5.74, 6) is -0.231. The Morgan fingerprint density at radius 2 is 2.00 bits per heavy atom. The summed E-state index contributed by atoms with van der Waals surface area (Å²) in [4.78, 5) is 11.6. The van der Waals surface area contributed by atoms with Crippen LogP contribution >= 0.6 is 15.9 Å². The minimum atomic E-state index is -3.58. The minimum Gasteiger partial charge on any atom is -0.325 e. The molecule has 0 aliphatic carbocycles. The van der Waals surface area contributed by atoms with Crippen molar-refractivity contribution >= 4 is 37.5 Å². The first-order valence-electron chi connectivity index (χ1n) is 5.45. The molecule has 1 aromatic carbocycles. The number of para-hydroxylation sites is 1. The molecule has 0 saturated heterocycles. The van der Waals surface area contributed by atoms with Crippen LogP contribution in [-0.4, -0.2) is 26.2 Å². The summed E-state index contributed by atoms with van der Waals surface area (Å²) >= 11 is 3.15. The van der Waals surface area contributed by atoms with Crippen molar-refractivity contribution in [1.29, 1.82) is 0 Å². The summed E-state index contributed by atoms with van der Waals surface area (Å²) in [6.07, 6.45) is 0.287. The summed E-state index contributed by atoms with van der Waals surface area (Å²) in [6.45, 7) is 2.00. The van der Waals surface area contributed by atoms with Gasteiger partial charge in [-0.25, -0.2) is 13.1 Å². The lowest BCUT2D eigenvalue weighted by atomic mass is 10.3. The second kappa shape index (κ2) is 6.86. The van der Waals surface area contributed by atoms with Crippen molar-refractivity contribution < 1.29 is 13.2 Å². The normalized spacial score (nSPS) is 11.2. The molecule has 100 valence electrons. The third-order valence-corrected chi connectivity index (χ3v) is 4.11. The van der Waals surface area contributed by atoms with Crippen molar-refractivity contribution in [3.63, 3.8) is 0 Å². The Kier molecular flexibility index (Phi) is 5.77. The number of rotatable bonds is 6. The number of benzene rings is 1. The Morgan fingerprint density at radius 3 is 2.61 bits per heavy atom. The zero-order valence-electron chi connectivity index (χ0n) is 9.94. The number of halogens is 1. The van der Waals surface area contributed by atoms with E-state index in [0.29, 0.717) is 17.6 Å². The maximum absolute atomic E-state index is 11.9. The molecule has 18 heavy (non-hydrogen) atoms. The molecule has 5 nitrogen and oxygen atoms in total. The first kappa shape index (κ1) is 15.1. The van der Waals surface area contributed by atoms with E-state index in [2.05, 4.69) is 26.0 Å². The molecule has 0 fully saturated rings. The zero-order chi connectivity index (χ0) is 13.6. The first-order valence-corrected chi connectivity index (χ1v) is 8.06. The standard InChI is InChI=1S/C11H15BrN2O3S/c1-2-13-18(16,17)10-6-4-3-5-9(10)14-11(15)7-8-12/h3-6,13H,2,7-8H2,1H3,(H,14,15). The molecule has 0 aliphatic heterocycles. The highest BCUT2D eigenvalue weighted by molar-refractivity contribution is 9.09. The average Bonchev–Trinajstić information content (AvgIpc) is 2.29. The fourth-order valence-electron chi connectivity index (χ4n) is 1.37. The molecule has 1 rings (SSSR count). The van der Waals surface area contributed by atoms with Crippen LogP contribution in [0.3, 0.4) is 0 Å². The van der Waals surface area contributed by atoms with E-state index in [1.54, 1.807) is 25.1 Å². The van der Waals surface area contributed by atoms with E-state index >= 15 is 0 Å². The van der Waals surface area contributed by atoms with Crippen LogP contribution < -0.4 is 10.0 Å². The smallest absolute Gasteiger partial charge is 0.242 e. The maximum atomic E-state index is 11.9. The molecule has 0 unspecified atom stereocenters. The van der Waals surface area contributed by atoms with Crippen molar-refractivity contribution in [2.45, 2.75) is 18.2 Å². The van der Waals surface area contributed by atoms with Crippen molar-refractivity contribution in [1.82, 2.24) is 4.72 Å². The fourth-order valence-corrected chi connectivity index (χ4v) is 2.93. The van der Waals surface area contributed by atoms with Crippen LogP contribution in [0, 0.1) is 0 Å². The quantitative estimate of drug-likeness (QED) is 0.777. The number of alkyl halides is 1. The van der Waals surface area contributed by atoms with Crippen LogP contribution in [-0.2, 0) is 14.8 Å². The molecule has 0 saturated carbocycles. The lowest BCUT2D eigenvalue weighted by Gasteiger charge is -2.11. The molecule has 0 spiro atoms. The van der Waals surface area contributed by atoms with Crippen LogP contribution in [0.15, 0.2) is 29.2 Å². The van der Waals surface area contributed by atoms with Gasteiger partial charge in [0.05, 0.1) is 5.69 Å². The molecule has 0 heterocycles. The lowest BCUT2D eigenvalue weighted by molar-refractivity contribution is -0.115. The van der Waals surface area contributed by atoms with E-state index in [1.807, 2.05) is 0 Å². The van der Waals surface area contributed by atoms with Crippen molar-refractivity contribution in [2.75, 3.05) is 17.2 Å². The molecule has 0 aromatic heterocycles. The highest BCUT2D eigenvalue weighted by Crippen LogP contribution is 2.20. The van der Waals surface area contributed by atoms with Gasteiger partial charge in [-0.2, -0.15) is 0 Å². The number of amides is 1. The second-order valence-electron chi connectivity index (χ2n) is 3.48. The van der Waals surface area contributed by atoms with Gasteiger partial charge in [-0.15, -0.1) is 0 Å². The van der Waals surface area contributed by atoms with Gasteiger partial charge in [0.15, 0.2) is 0 Å². The van der Waals surface area contributed by atoms with Crippen molar-refractivity contribution in [3.8, 4) is 0 Å². The van der Waals surface area contributed by atoms with Gasteiger partial charge in [0.25, 0.3) is 0 Å². The molecular formula is C11H15BrN2O3S. The summed E-state index contributed by atoms with van der Waals surface area (Å²) in [7, 11) is -3.58. The fraction of sp³-hybridized carbons (Fsp3) is 0.364. The molecule has 0 bridgehead atoms. The monoisotopic (exact) mass is 334 g/mol. The van der Waals surface area contributed by atoms with Crippen LogP contribution in [0.4, 0.5) is 5.69 Å². The van der Waals surface area contributed by atoms with E-state index in [4.69, 9.17) is 0 Å². The molecule has 0 atom stereocenters. The van der Waals surface area contributed by atoms with Crippen LogP contribution in [0.1, 0.15) is 13.3 Å². The number of anilines is 1. The van der Waals surface area contributed by atoms with Crippen LogP contribution in [0.2, 0.25) is 0 Å². The Bertz CT molecular complexity index is 517. The lowest BCUT2D eigenvalue weighted by Crippen LogP contribution is -2.25. The third kappa shape index (κ3) is 4.08. The van der Waals surface area contributed by atoms with Gasteiger partial charge in [0.2, 0.25) is 15.9 Å². The second-order valence-corrected chi connectivity index (χ2v) is 6.01. The van der Waals surface area contributed by atoms with E-state index < -0.39 is 10.0 Å². The predicted octanol–water partition coefficient (Wildman–Crippen LogP) is 1.71. The summed E-state index contributed by atoms with van der Waals surface area (Å²) in [5, 5.41) is 3.12. The Morgan fingerprint density at radius 1 is 1.33 bits per heavy atom. The van der Waals surface area contributed by atoms with E-state index in [9.17, 15) is 13.2 Å². The molecule has 1 amide bonds. The highest BCUT2D eigenvalue weighted by atomic mass is 79.9. The van der Waals surface area contributed by atoms with Crippen molar-refractivity contribution in [2.24, 2.45) is 0 Å². The highest BCUT2D eigenvalue weighted by Gasteiger charge is 2.17. The van der Waals surface area contributed by atoms with Gasteiger partial charge < -0.3 is 5.32 Å². The van der Waals surface area contributed by atoms with Gasteiger partial charge >= 0.3 is 0 Å². The van der Waals surface area contributed by atoms with Gasteiger partial charge in [-0.3, -0.25) is 4.79 Å². The Labute approximate surface area is 115 Å². The Balaban J connectivity index is 3.03. The number of hydrogen-bond donors (Lipinski definition) is 2. The maximum Gasteiger partial charge on any atom is 0.242 e. The largest absolute Gasteiger partial charge is 0.325 e. The first-order chi connectivity index (χ1) is 8.51. The number of hydrogen-bond acceptors (Lipinski definition) is 3. The Hall–Kier alpha value is -0.920. The number of sulfonamides is 1. The molecule has 2 N–H and O–H groups in total. The SMILES string of the molecule is CCNS(=O)(=O)c1ccccc1NC(=O)CCBr. The van der Waals surface area contributed by atoms with Gasteiger partial charge in [-0.1, -0.05) is 35.0 Å². The average molecular weight is 335 g/mol. The minimum absolute atomic E-state index is 0.0785. The summed E-state index contributed by atoms with van der Waals surface area (Å²) in [5.41, 5.74) is 0.296. The predicted molar refractivity (Wildman–Crippen MR) is 74.3 cm³/mol. The molecule has 7 heteroatoms. The summed E-state index contributed by atoms with van der Waals surface area (Å²) < 4.78 is 26.2. The van der Waals surface area contributed by atoms with Gasteiger partial charge in [0.1, 0.15) is 4.90 Å².